The second-order valence-electron chi connectivity index (χ2n) is 5.83. The molecule has 0 radical (unpaired) electrons. The molecular weight excluding hydrogens is 270 g/mol. The van der Waals surface area contributed by atoms with Crippen LogP contribution in [0.1, 0.15) is 31.4 Å². The highest BCUT2D eigenvalue weighted by atomic mass is 16.6. The number of benzene rings is 1. The molecule has 21 heavy (non-hydrogen) atoms. The van der Waals surface area contributed by atoms with Crippen molar-refractivity contribution in [1.82, 2.24) is 10.2 Å². The van der Waals surface area contributed by atoms with Crippen molar-refractivity contribution in [3.05, 3.63) is 39.9 Å². The lowest BCUT2D eigenvalue weighted by molar-refractivity contribution is -0.384. The summed E-state index contributed by atoms with van der Waals surface area (Å²) in [5.74, 6) is 0. The highest BCUT2D eigenvalue weighted by Gasteiger charge is 2.39. The van der Waals surface area contributed by atoms with E-state index in [1.165, 1.54) is 0 Å². The Kier molecular flexibility index (Phi) is 3.93. The van der Waals surface area contributed by atoms with Gasteiger partial charge in [0.15, 0.2) is 0 Å². The summed E-state index contributed by atoms with van der Waals surface area (Å²) in [6, 6.07) is 7.15. The van der Waals surface area contributed by atoms with E-state index in [2.05, 4.69) is 17.1 Å². The summed E-state index contributed by atoms with van der Waals surface area (Å²) >= 11 is 0. The predicted molar refractivity (Wildman–Crippen MR) is 79.0 cm³/mol. The Morgan fingerprint density at radius 1 is 1.33 bits per heavy atom. The highest BCUT2D eigenvalue weighted by molar-refractivity contribution is 5.34. The molecule has 0 amide bonds. The van der Waals surface area contributed by atoms with Gasteiger partial charge in [0.05, 0.1) is 11.5 Å². The van der Waals surface area contributed by atoms with Gasteiger partial charge in [0.1, 0.15) is 5.72 Å². The first-order valence-electron chi connectivity index (χ1n) is 7.47. The number of rotatable bonds is 3. The van der Waals surface area contributed by atoms with Crippen molar-refractivity contribution in [3.63, 3.8) is 0 Å². The maximum absolute atomic E-state index is 10.7. The summed E-state index contributed by atoms with van der Waals surface area (Å²) in [5.41, 5.74) is 1.16. The van der Waals surface area contributed by atoms with E-state index >= 15 is 0 Å². The number of hydrogen-bond donors (Lipinski definition) is 1. The van der Waals surface area contributed by atoms with E-state index < -0.39 is 0 Å². The number of nitro benzene ring substituents is 1. The third kappa shape index (κ3) is 2.92. The normalized spacial score (nSPS) is 23.3. The second-order valence-corrected chi connectivity index (χ2v) is 5.83. The van der Waals surface area contributed by atoms with Crippen LogP contribution in [0.25, 0.3) is 0 Å². The zero-order valence-corrected chi connectivity index (χ0v) is 12.2. The number of nitrogens with one attached hydrogen (secondary N) is 1. The van der Waals surface area contributed by atoms with Crippen LogP contribution in [-0.2, 0) is 4.74 Å². The van der Waals surface area contributed by atoms with Gasteiger partial charge in [-0.2, -0.15) is 0 Å². The lowest BCUT2D eigenvalue weighted by atomic mass is 9.97. The Morgan fingerprint density at radius 3 is 2.52 bits per heavy atom. The SMILES string of the molecule is CC(c1ccc([N+](=O)[O-])cc1)N1CCC2(CC1)NCCO2. The number of likely N-dealkylation sites (tertiary alicyclic amines) is 1. The fraction of sp³-hybridized carbons (Fsp3) is 0.600. The molecule has 2 heterocycles. The van der Waals surface area contributed by atoms with Crippen molar-refractivity contribution in [2.24, 2.45) is 0 Å². The Hall–Kier alpha value is -1.50. The maximum atomic E-state index is 10.7. The molecule has 0 saturated carbocycles. The van der Waals surface area contributed by atoms with Gasteiger partial charge in [0, 0.05) is 50.7 Å². The molecule has 0 aromatic heterocycles. The molecule has 6 nitrogen and oxygen atoms in total. The molecule has 1 aromatic rings. The molecule has 3 rings (SSSR count). The molecule has 2 aliphatic rings. The topological polar surface area (TPSA) is 67.6 Å². The van der Waals surface area contributed by atoms with E-state index in [4.69, 9.17) is 4.74 Å². The number of nitro groups is 1. The van der Waals surface area contributed by atoms with Gasteiger partial charge in [-0.3, -0.25) is 20.3 Å². The van der Waals surface area contributed by atoms with Crippen molar-refractivity contribution in [3.8, 4) is 0 Å². The molecule has 0 bridgehead atoms. The van der Waals surface area contributed by atoms with Crippen molar-refractivity contribution in [2.75, 3.05) is 26.2 Å². The minimum atomic E-state index is -0.359. The average Bonchev–Trinajstić information content (AvgIpc) is 2.96. The maximum Gasteiger partial charge on any atom is 0.269 e. The van der Waals surface area contributed by atoms with Crippen LogP contribution >= 0.6 is 0 Å². The Bertz CT molecular complexity index is 501. The third-order valence-corrected chi connectivity index (χ3v) is 4.67. The van der Waals surface area contributed by atoms with Gasteiger partial charge in [-0.25, -0.2) is 0 Å². The van der Waals surface area contributed by atoms with Crippen LogP contribution in [0.15, 0.2) is 24.3 Å². The van der Waals surface area contributed by atoms with Crippen molar-refractivity contribution < 1.29 is 9.66 Å². The van der Waals surface area contributed by atoms with Gasteiger partial charge in [-0.15, -0.1) is 0 Å². The van der Waals surface area contributed by atoms with E-state index in [0.717, 1.165) is 44.6 Å². The number of non-ortho nitro benzene ring substituents is 1. The van der Waals surface area contributed by atoms with Gasteiger partial charge in [0.25, 0.3) is 5.69 Å². The first kappa shape index (κ1) is 14.4. The molecule has 2 fully saturated rings. The summed E-state index contributed by atoms with van der Waals surface area (Å²) in [6.07, 6.45) is 1.98. The number of nitrogens with zero attached hydrogens (tertiary/aromatic N) is 2. The molecule has 2 saturated heterocycles. The molecule has 1 aromatic carbocycles. The standard InChI is InChI=1S/C15H21N3O3/c1-12(13-2-4-14(5-3-13)18(19)20)17-9-6-15(7-10-17)16-8-11-21-15/h2-5,12,16H,6-11H2,1H3. The van der Waals surface area contributed by atoms with Crippen molar-refractivity contribution >= 4 is 5.69 Å². The molecule has 1 spiro atoms. The smallest absolute Gasteiger partial charge is 0.269 e. The van der Waals surface area contributed by atoms with Crippen molar-refractivity contribution in [1.29, 1.82) is 0 Å². The van der Waals surface area contributed by atoms with E-state index in [1.807, 2.05) is 12.1 Å². The van der Waals surface area contributed by atoms with Crippen LogP contribution in [0.5, 0.6) is 0 Å². The van der Waals surface area contributed by atoms with Gasteiger partial charge < -0.3 is 4.74 Å². The molecule has 1 unspecified atom stereocenters. The fourth-order valence-corrected chi connectivity index (χ4v) is 3.26. The first-order valence-corrected chi connectivity index (χ1v) is 7.47. The highest BCUT2D eigenvalue weighted by Crippen LogP contribution is 2.31. The lowest BCUT2D eigenvalue weighted by Gasteiger charge is -2.41. The summed E-state index contributed by atoms with van der Waals surface area (Å²) in [6.45, 7) is 5.86. The molecule has 114 valence electrons. The zero-order chi connectivity index (χ0) is 14.9. The second kappa shape index (κ2) is 5.71. The molecule has 2 aliphatic heterocycles. The van der Waals surface area contributed by atoms with E-state index in [0.29, 0.717) is 0 Å². The van der Waals surface area contributed by atoms with Gasteiger partial charge in [-0.05, 0) is 12.5 Å². The Morgan fingerprint density at radius 2 is 2.00 bits per heavy atom. The molecule has 1 atom stereocenters. The Labute approximate surface area is 124 Å². The first-order chi connectivity index (χ1) is 10.1. The zero-order valence-electron chi connectivity index (χ0n) is 12.2. The minimum Gasteiger partial charge on any atom is -0.359 e. The summed E-state index contributed by atoms with van der Waals surface area (Å²) in [7, 11) is 0. The minimum absolute atomic E-state index is 0.105. The van der Waals surface area contributed by atoms with Crippen LogP contribution < -0.4 is 5.32 Å². The average molecular weight is 291 g/mol. The van der Waals surface area contributed by atoms with Crippen LogP contribution in [0.2, 0.25) is 0 Å². The van der Waals surface area contributed by atoms with Crippen molar-refractivity contribution in [2.45, 2.75) is 31.5 Å². The van der Waals surface area contributed by atoms with E-state index in [1.54, 1.807) is 12.1 Å². The summed E-state index contributed by atoms with van der Waals surface area (Å²) < 4.78 is 5.84. The molecule has 0 aliphatic carbocycles. The molecular formula is C15H21N3O3. The van der Waals surface area contributed by atoms with Crippen LogP contribution in [0.4, 0.5) is 5.69 Å². The summed E-state index contributed by atoms with van der Waals surface area (Å²) in [5, 5.41) is 14.2. The van der Waals surface area contributed by atoms with Gasteiger partial charge in [-0.1, -0.05) is 12.1 Å². The van der Waals surface area contributed by atoms with Gasteiger partial charge >= 0.3 is 0 Å². The van der Waals surface area contributed by atoms with Gasteiger partial charge in [0.2, 0.25) is 0 Å². The monoisotopic (exact) mass is 291 g/mol. The molecule has 1 N–H and O–H groups in total. The van der Waals surface area contributed by atoms with E-state index in [-0.39, 0.29) is 22.4 Å². The van der Waals surface area contributed by atoms with Crippen LogP contribution in [0.3, 0.4) is 0 Å². The van der Waals surface area contributed by atoms with Crippen LogP contribution in [0, 0.1) is 10.1 Å². The third-order valence-electron chi connectivity index (χ3n) is 4.67. The predicted octanol–water partition coefficient (Wildman–Crippen LogP) is 2.07. The number of piperidine rings is 1. The number of hydrogen-bond acceptors (Lipinski definition) is 5. The quantitative estimate of drug-likeness (QED) is 0.682. The van der Waals surface area contributed by atoms with Crippen LogP contribution in [-0.4, -0.2) is 41.8 Å². The largest absolute Gasteiger partial charge is 0.359 e. The number of ether oxygens (including phenoxy) is 1. The lowest BCUT2D eigenvalue weighted by Crippen LogP contribution is -2.51. The Balaban J connectivity index is 1.63. The summed E-state index contributed by atoms with van der Waals surface area (Å²) in [4.78, 5) is 12.8. The fourth-order valence-electron chi connectivity index (χ4n) is 3.26. The molecule has 6 heteroatoms. The van der Waals surface area contributed by atoms with E-state index in [9.17, 15) is 10.1 Å².